The molecule has 0 atom stereocenters. The van der Waals surface area contributed by atoms with Crippen molar-refractivity contribution in [1.29, 1.82) is 0 Å². The van der Waals surface area contributed by atoms with Crippen LogP contribution in [0.3, 0.4) is 0 Å². The number of ketones is 1. The van der Waals surface area contributed by atoms with Crippen molar-refractivity contribution in [3.05, 3.63) is 65.2 Å². The summed E-state index contributed by atoms with van der Waals surface area (Å²) < 4.78 is 9.73. The first-order valence-corrected chi connectivity index (χ1v) is 6.30. The third-order valence-corrected chi connectivity index (χ3v) is 2.95. The largest absolute Gasteiger partial charge is 0.497 e. The van der Waals surface area contributed by atoms with E-state index >= 15 is 0 Å². The van der Waals surface area contributed by atoms with Gasteiger partial charge in [-0.05, 0) is 29.8 Å². The summed E-state index contributed by atoms with van der Waals surface area (Å²) in [6.45, 7) is 0.0896. The van der Waals surface area contributed by atoms with E-state index in [0.717, 1.165) is 5.56 Å². The fourth-order valence-corrected chi connectivity index (χ4v) is 1.82. The summed E-state index contributed by atoms with van der Waals surface area (Å²) in [5.41, 5.74) is 6.80. The van der Waals surface area contributed by atoms with Crippen molar-refractivity contribution in [3.63, 3.8) is 0 Å². The molecule has 2 N–H and O–H groups in total. The highest BCUT2D eigenvalue weighted by Gasteiger charge is 2.09. The SMILES string of the molecule is COc1ccc(C(=O)c2ccc(COC(N)=O)cc2)cc1. The zero-order valence-corrected chi connectivity index (χ0v) is 11.5. The molecular weight excluding hydrogens is 270 g/mol. The van der Waals surface area contributed by atoms with Gasteiger partial charge in [0.25, 0.3) is 0 Å². The van der Waals surface area contributed by atoms with Gasteiger partial charge in [-0.25, -0.2) is 4.79 Å². The summed E-state index contributed by atoms with van der Waals surface area (Å²) in [6.07, 6.45) is -0.826. The highest BCUT2D eigenvalue weighted by atomic mass is 16.5. The fourth-order valence-electron chi connectivity index (χ4n) is 1.82. The van der Waals surface area contributed by atoms with Crippen molar-refractivity contribution in [1.82, 2.24) is 0 Å². The lowest BCUT2D eigenvalue weighted by Gasteiger charge is -2.05. The fraction of sp³-hybridized carbons (Fsp3) is 0.125. The predicted octanol–water partition coefficient (Wildman–Crippen LogP) is 2.52. The standard InChI is InChI=1S/C16H15NO4/c1-20-14-8-6-13(7-9-14)15(18)12-4-2-11(3-5-12)10-21-16(17)19/h2-9H,10H2,1H3,(H2,17,19). The lowest BCUT2D eigenvalue weighted by atomic mass is 10.0. The number of benzene rings is 2. The first kappa shape index (κ1) is 14.6. The van der Waals surface area contributed by atoms with Crippen LogP contribution in [-0.4, -0.2) is 19.0 Å². The van der Waals surface area contributed by atoms with Crippen LogP contribution in [0.5, 0.6) is 5.75 Å². The zero-order chi connectivity index (χ0) is 15.2. The van der Waals surface area contributed by atoms with Gasteiger partial charge in [0.15, 0.2) is 5.78 Å². The van der Waals surface area contributed by atoms with E-state index in [4.69, 9.17) is 10.5 Å². The quantitative estimate of drug-likeness (QED) is 0.856. The topological polar surface area (TPSA) is 78.6 Å². The van der Waals surface area contributed by atoms with Crippen LogP contribution < -0.4 is 10.5 Å². The normalized spacial score (nSPS) is 9.95. The Morgan fingerprint density at radius 2 is 1.48 bits per heavy atom. The van der Waals surface area contributed by atoms with Gasteiger partial charge in [-0.3, -0.25) is 4.79 Å². The van der Waals surface area contributed by atoms with Crippen molar-refractivity contribution < 1.29 is 19.1 Å². The van der Waals surface area contributed by atoms with Crippen molar-refractivity contribution in [2.45, 2.75) is 6.61 Å². The van der Waals surface area contributed by atoms with Crippen LogP contribution in [0.4, 0.5) is 4.79 Å². The number of methoxy groups -OCH3 is 1. The molecule has 2 rings (SSSR count). The number of hydrogen-bond acceptors (Lipinski definition) is 4. The molecule has 2 aromatic carbocycles. The van der Waals surface area contributed by atoms with Gasteiger partial charge in [0.1, 0.15) is 12.4 Å². The van der Waals surface area contributed by atoms with Crippen LogP contribution in [0.15, 0.2) is 48.5 Å². The number of ether oxygens (including phenoxy) is 2. The highest BCUT2D eigenvalue weighted by molar-refractivity contribution is 6.09. The lowest BCUT2D eigenvalue weighted by Crippen LogP contribution is -2.12. The monoisotopic (exact) mass is 285 g/mol. The Morgan fingerprint density at radius 3 is 1.95 bits per heavy atom. The number of carbonyl (C=O) groups excluding carboxylic acids is 2. The molecule has 21 heavy (non-hydrogen) atoms. The summed E-state index contributed by atoms with van der Waals surface area (Å²) >= 11 is 0. The van der Waals surface area contributed by atoms with E-state index in [1.165, 1.54) is 0 Å². The second-order valence-corrected chi connectivity index (χ2v) is 4.36. The predicted molar refractivity (Wildman–Crippen MR) is 77.2 cm³/mol. The number of amides is 1. The molecule has 1 amide bonds. The second kappa shape index (κ2) is 6.56. The lowest BCUT2D eigenvalue weighted by molar-refractivity contribution is 0.103. The molecule has 0 radical (unpaired) electrons. The van der Waals surface area contributed by atoms with Crippen LogP contribution in [0, 0.1) is 0 Å². The molecule has 0 saturated carbocycles. The number of hydrogen-bond donors (Lipinski definition) is 1. The molecule has 2 aromatic rings. The van der Waals surface area contributed by atoms with Gasteiger partial charge >= 0.3 is 6.09 Å². The minimum atomic E-state index is -0.826. The Kier molecular flexibility index (Phi) is 4.56. The Balaban J connectivity index is 2.09. The molecule has 0 spiro atoms. The first-order chi connectivity index (χ1) is 10.1. The number of nitrogens with two attached hydrogens (primary N) is 1. The molecule has 0 aliphatic carbocycles. The van der Waals surface area contributed by atoms with E-state index in [1.54, 1.807) is 55.6 Å². The van der Waals surface area contributed by atoms with Crippen molar-refractivity contribution in [2.75, 3.05) is 7.11 Å². The van der Waals surface area contributed by atoms with Crippen molar-refractivity contribution in [2.24, 2.45) is 5.73 Å². The maximum Gasteiger partial charge on any atom is 0.404 e. The average molecular weight is 285 g/mol. The molecule has 0 bridgehead atoms. The van der Waals surface area contributed by atoms with E-state index in [-0.39, 0.29) is 12.4 Å². The second-order valence-electron chi connectivity index (χ2n) is 4.36. The van der Waals surface area contributed by atoms with Crippen LogP contribution in [-0.2, 0) is 11.3 Å². The van der Waals surface area contributed by atoms with Crippen LogP contribution in [0.1, 0.15) is 21.5 Å². The van der Waals surface area contributed by atoms with Crippen LogP contribution >= 0.6 is 0 Å². The molecule has 0 heterocycles. The molecule has 0 aliphatic heterocycles. The van der Waals surface area contributed by atoms with Crippen LogP contribution in [0.25, 0.3) is 0 Å². The number of primary amides is 1. The smallest absolute Gasteiger partial charge is 0.404 e. The Labute approximate surface area is 122 Å². The third-order valence-electron chi connectivity index (χ3n) is 2.95. The molecule has 0 aromatic heterocycles. The summed E-state index contributed by atoms with van der Waals surface area (Å²) in [4.78, 5) is 22.8. The van der Waals surface area contributed by atoms with Crippen molar-refractivity contribution in [3.8, 4) is 5.75 Å². The Bertz CT molecular complexity index is 632. The maximum absolute atomic E-state index is 12.3. The van der Waals surface area contributed by atoms with Gasteiger partial charge in [-0.1, -0.05) is 24.3 Å². The molecule has 5 heteroatoms. The minimum absolute atomic E-state index is 0.0833. The summed E-state index contributed by atoms with van der Waals surface area (Å²) in [5, 5.41) is 0. The maximum atomic E-state index is 12.3. The first-order valence-electron chi connectivity index (χ1n) is 6.30. The van der Waals surface area contributed by atoms with Gasteiger partial charge in [0.05, 0.1) is 7.11 Å². The van der Waals surface area contributed by atoms with Crippen LogP contribution in [0.2, 0.25) is 0 Å². The number of rotatable bonds is 5. The molecule has 0 fully saturated rings. The third kappa shape index (κ3) is 3.82. The molecule has 0 aliphatic rings. The van der Waals surface area contributed by atoms with Gasteiger partial charge < -0.3 is 15.2 Å². The van der Waals surface area contributed by atoms with E-state index in [9.17, 15) is 9.59 Å². The van der Waals surface area contributed by atoms with E-state index in [1.807, 2.05) is 0 Å². The van der Waals surface area contributed by atoms with Gasteiger partial charge in [-0.2, -0.15) is 0 Å². The summed E-state index contributed by atoms with van der Waals surface area (Å²) in [6, 6.07) is 13.7. The van der Waals surface area contributed by atoms with E-state index in [0.29, 0.717) is 16.9 Å². The highest BCUT2D eigenvalue weighted by Crippen LogP contribution is 2.15. The summed E-state index contributed by atoms with van der Waals surface area (Å²) in [7, 11) is 1.57. The minimum Gasteiger partial charge on any atom is -0.497 e. The van der Waals surface area contributed by atoms with E-state index < -0.39 is 6.09 Å². The zero-order valence-electron chi connectivity index (χ0n) is 11.5. The Morgan fingerprint density at radius 1 is 0.952 bits per heavy atom. The number of carbonyl (C=O) groups is 2. The Hall–Kier alpha value is -2.82. The summed E-state index contributed by atoms with van der Waals surface area (Å²) in [5.74, 6) is 0.616. The molecule has 0 saturated heterocycles. The van der Waals surface area contributed by atoms with Gasteiger partial charge in [0, 0.05) is 11.1 Å². The molecular formula is C16H15NO4. The average Bonchev–Trinajstić information content (AvgIpc) is 2.53. The van der Waals surface area contributed by atoms with Gasteiger partial charge in [-0.15, -0.1) is 0 Å². The van der Waals surface area contributed by atoms with Crippen molar-refractivity contribution >= 4 is 11.9 Å². The molecule has 0 unspecified atom stereocenters. The molecule has 108 valence electrons. The molecule has 5 nitrogen and oxygen atoms in total. The van der Waals surface area contributed by atoms with Gasteiger partial charge in [0.2, 0.25) is 0 Å². The van der Waals surface area contributed by atoms with E-state index in [2.05, 4.69) is 4.74 Å².